The molecule has 0 aromatic rings. The van der Waals surface area contributed by atoms with Crippen LogP contribution in [-0.2, 0) is 14.2 Å². The number of aliphatic hydroxyl groups is 3. The third-order valence-corrected chi connectivity index (χ3v) is 1.95. The van der Waals surface area contributed by atoms with Gasteiger partial charge < -0.3 is 29.5 Å². The number of epoxide rings is 1. The summed E-state index contributed by atoms with van der Waals surface area (Å²) in [6.45, 7) is 0.953. The summed E-state index contributed by atoms with van der Waals surface area (Å²) in [7, 11) is 0. The van der Waals surface area contributed by atoms with Gasteiger partial charge in [0.05, 0.1) is 39.6 Å². The minimum Gasteiger partial charge on any atom is -0.394 e. The second-order valence-electron chi connectivity index (χ2n) is 3.47. The van der Waals surface area contributed by atoms with Gasteiger partial charge in [0.15, 0.2) is 0 Å². The lowest BCUT2D eigenvalue weighted by atomic mass is 10.3. The molecule has 0 aliphatic carbocycles. The van der Waals surface area contributed by atoms with E-state index in [0.29, 0.717) is 6.61 Å². The molecule has 1 saturated heterocycles. The Morgan fingerprint density at radius 3 is 2.53 bits per heavy atom. The molecule has 6 nitrogen and oxygen atoms in total. The lowest BCUT2D eigenvalue weighted by Gasteiger charge is -2.17. The van der Waals surface area contributed by atoms with Crippen molar-refractivity contribution in [1.29, 1.82) is 0 Å². The summed E-state index contributed by atoms with van der Waals surface area (Å²) >= 11 is 0. The molecular formula is C9H18O6. The first-order valence-corrected chi connectivity index (χ1v) is 4.97. The Labute approximate surface area is 88.4 Å². The van der Waals surface area contributed by atoms with E-state index in [4.69, 9.17) is 29.5 Å². The lowest BCUT2D eigenvalue weighted by Crippen LogP contribution is -2.30. The van der Waals surface area contributed by atoms with Crippen molar-refractivity contribution in [1.82, 2.24) is 0 Å². The van der Waals surface area contributed by atoms with Crippen LogP contribution < -0.4 is 0 Å². The minimum absolute atomic E-state index is 0.00891. The molecule has 0 radical (unpaired) electrons. The van der Waals surface area contributed by atoms with Gasteiger partial charge in [-0.3, -0.25) is 0 Å². The van der Waals surface area contributed by atoms with Crippen LogP contribution in [0.5, 0.6) is 0 Å². The SMILES string of the molecule is OCC(O)COC(CO)COCC1CO1. The van der Waals surface area contributed by atoms with Gasteiger partial charge in [-0.2, -0.15) is 0 Å². The zero-order chi connectivity index (χ0) is 11.1. The van der Waals surface area contributed by atoms with E-state index in [-0.39, 0.29) is 32.5 Å². The standard InChI is InChI=1S/C9H18O6/c10-1-7(12)3-14-8(2-11)4-13-5-9-6-15-9/h7-12H,1-6H2. The fourth-order valence-electron chi connectivity index (χ4n) is 0.949. The van der Waals surface area contributed by atoms with E-state index in [1.165, 1.54) is 0 Å². The molecule has 0 spiro atoms. The first-order valence-electron chi connectivity index (χ1n) is 4.97. The Kier molecular flexibility index (Phi) is 6.07. The Morgan fingerprint density at radius 2 is 2.00 bits per heavy atom. The molecule has 15 heavy (non-hydrogen) atoms. The van der Waals surface area contributed by atoms with Crippen LogP contribution in [0.1, 0.15) is 0 Å². The number of aliphatic hydroxyl groups excluding tert-OH is 3. The van der Waals surface area contributed by atoms with Crippen molar-refractivity contribution in [2.24, 2.45) is 0 Å². The maximum atomic E-state index is 9.01. The van der Waals surface area contributed by atoms with E-state index < -0.39 is 12.2 Å². The van der Waals surface area contributed by atoms with Crippen molar-refractivity contribution in [2.45, 2.75) is 18.3 Å². The summed E-state index contributed by atoms with van der Waals surface area (Å²) in [5.41, 5.74) is 0. The van der Waals surface area contributed by atoms with E-state index in [0.717, 1.165) is 6.61 Å². The van der Waals surface area contributed by atoms with Gasteiger partial charge in [0.2, 0.25) is 0 Å². The number of hydrogen-bond acceptors (Lipinski definition) is 6. The van der Waals surface area contributed by atoms with Crippen LogP contribution >= 0.6 is 0 Å². The van der Waals surface area contributed by atoms with Crippen molar-refractivity contribution in [2.75, 3.05) is 39.6 Å². The summed E-state index contributed by atoms with van der Waals surface area (Å²) in [4.78, 5) is 0. The summed E-state index contributed by atoms with van der Waals surface area (Å²) in [5.74, 6) is 0. The molecular weight excluding hydrogens is 204 g/mol. The zero-order valence-electron chi connectivity index (χ0n) is 8.54. The van der Waals surface area contributed by atoms with Gasteiger partial charge in [0.25, 0.3) is 0 Å². The molecule has 1 fully saturated rings. The maximum absolute atomic E-state index is 9.01. The van der Waals surface area contributed by atoms with Crippen LogP contribution in [0.25, 0.3) is 0 Å². The predicted octanol–water partition coefficient (Wildman–Crippen LogP) is -1.87. The molecule has 0 saturated carbocycles. The van der Waals surface area contributed by atoms with Crippen molar-refractivity contribution in [3.8, 4) is 0 Å². The first kappa shape index (κ1) is 12.8. The quantitative estimate of drug-likeness (QED) is 0.396. The maximum Gasteiger partial charge on any atom is 0.104 e. The Hall–Kier alpha value is -0.240. The molecule has 1 rings (SSSR count). The molecule has 0 aromatic carbocycles. The third kappa shape index (κ3) is 6.03. The van der Waals surface area contributed by atoms with Gasteiger partial charge >= 0.3 is 0 Å². The smallest absolute Gasteiger partial charge is 0.104 e. The highest BCUT2D eigenvalue weighted by atomic mass is 16.6. The second-order valence-corrected chi connectivity index (χ2v) is 3.47. The van der Waals surface area contributed by atoms with E-state index in [9.17, 15) is 0 Å². The lowest BCUT2D eigenvalue weighted by molar-refractivity contribution is -0.0773. The zero-order valence-corrected chi connectivity index (χ0v) is 8.54. The van der Waals surface area contributed by atoms with E-state index in [1.807, 2.05) is 0 Å². The summed E-state index contributed by atoms with van der Waals surface area (Å²) in [6.07, 6.45) is -1.19. The van der Waals surface area contributed by atoms with Crippen molar-refractivity contribution < 1.29 is 29.5 Å². The molecule has 0 amide bonds. The van der Waals surface area contributed by atoms with Gasteiger partial charge in [0.1, 0.15) is 18.3 Å². The van der Waals surface area contributed by atoms with Gasteiger partial charge in [-0.05, 0) is 0 Å². The minimum atomic E-state index is -0.911. The summed E-state index contributed by atoms with van der Waals surface area (Å²) < 4.78 is 15.3. The van der Waals surface area contributed by atoms with Crippen LogP contribution in [0.4, 0.5) is 0 Å². The Balaban J connectivity index is 2.00. The van der Waals surface area contributed by atoms with Crippen LogP contribution in [0, 0.1) is 0 Å². The van der Waals surface area contributed by atoms with Gasteiger partial charge in [-0.15, -0.1) is 0 Å². The molecule has 1 aliphatic rings. The highest BCUT2D eigenvalue weighted by Gasteiger charge is 2.23. The van der Waals surface area contributed by atoms with Crippen LogP contribution in [0.15, 0.2) is 0 Å². The number of rotatable bonds is 9. The Bertz CT molecular complexity index is 161. The Morgan fingerprint density at radius 1 is 1.27 bits per heavy atom. The molecule has 3 N–H and O–H groups in total. The fraction of sp³-hybridized carbons (Fsp3) is 1.00. The molecule has 0 bridgehead atoms. The van der Waals surface area contributed by atoms with Gasteiger partial charge in [-0.1, -0.05) is 0 Å². The largest absolute Gasteiger partial charge is 0.394 e. The number of ether oxygens (including phenoxy) is 3. The van der Waals surface area contributed by atoms with Gasteiger partial charge in [0, 0.05) is 0 Å². The third-order valence-electron chi connectivity index (χ3n) is 1.95. The first-order chi connectivity index (χ1) is 7.26. The topological polar surface area (TPSA) is 91.7 Å². The monoisotopic (exact) mass is 222 g/mol. The van der Waals surface area contributed by atoms with E-state index in [2.05, 4.69) is 0 Å². The van der Waals surface area contributed by atoms with E-state index >= 15 is 0 Å². The fourth-order valence-corrected chi connectivity index (χ4v) is 0.949. The van der Waals surface area contributed by atoms with Crippen LogP contribution in [0.2, 0.25) is 0 Å². The summed E-state index contributed by atoms with van der Waals surface area (Å²) in [5, 5.41) is 26.5. The second kappa shape index (κ2) is 7.10. The number of hydrogen-bond donors (Lipinski definition) is 3. The van der Waals surface area contributed by atoms with Crippen molar-refractivity contribution in [3.05, 3.63) is 0 Å². The summed E-state index contributed by atoms with van der Waals surface area (Å²) in [6, 6.07) is 0. The van der Waals surface area contributed by atoms with Crippen molar-refractivity contribution in [3.63, 3.8) is 0 Å². The van der Waals surface area contributed by atoms with Gasteiger partial charge in [-0.25, -0.2) is 0 Å². The molecule has 1 aliphatic heterocycles. The average molecular weight is 222 g/mol. The predicted molar refractivity (Wildman–Crippen MR) is 50.5 cm³/mol. The molecule has 90 valence electrons. The molecule has 3 atom stereocenters. The highest BCUT2D eigenvalue weighted by molar-refractivity contribution is 4.68. The van der Waals surface area contributed by atoms with Crippen molar-refractivity contribution >= 4 is 0 Å². The van der Waals surface area contributed by atoms with E-state index in [1.54, 1.807) is 0 Å². The molecule has 3 unspecified atom stereocenters. The van der Waals surface area contributed by atoms with Crippen LogP contribution in [-0.4, -0.2) is 73.3 Å². The normalized spacial score (nSPS) is 23.8. The average Bonchev–Trinajstić information content (AvgIpc) is 3.06. The molecule has 0 aromatic heterocycles. The van der Waals surface area contributed by atoms with Crippen LogP contribution in [0.3, 0.4) is 0 Å². The highest BCUT2D eigenvalue weighted by Crippen LogP contribution is 2.08. The molecule has 6 heteroatoms. The molecule has 1 heterocycles.